The van der Waals surface area contributed by atoms with E-state index < -0.39 is 0 Å². The van der Waals surface area contributed by atoms with Crippen LogP contribution in [0, 0.1) is 5.92 Å². The zero-order valence-corrected chi connectivity index (χ0v) is 13.2. The molecule has 0 radical (unpaired) electrons. The molecule has 118 valence electrons. The third kappa shape index (κ3) is 3.16. The van der Waals surface area contributed by atoms with Crippen molar-refractivity contribution in [2.75, 3.05) is 11.9 Å². The van der Waals surface area contributed by atoms with E-state index in [4.69, 9.17) is 0 Å². The Labute approximate surface area is 131 Å². The van der Waals surface area contributed by atoms with Crippen LogP contribution < -0.4 is 5.32 Å². The molecule has 0 aromatic heterocycles. The van der Waals surface area contributed by atoms with Crippen molar-refractivity contribution in [2.24, 2.45) is 5.92 Å². The maximum absolute atomic E-state index is 12.4. The van der Waals surface area contributed by atoms with Gasteiger partial charge in [-0.15, -0.1) is 0 Å². The first-order valence-electron chi connectivity index (χ1n) is 8.36. The highest BCUT2D eigenvalue weighted by Crippen LogP contribution is 2.30. The number of benzene rings is 1. The Morgan fingerprint density at radius 2 is 1.91 bits per heavy atom. The van der Waals surface area contributed by atoms with Crippen molar-refractivity contribution < 1.29 is 9.59 Å². The van der Waals surface area contributed by atoms with Crippen LogP contribution in [0.2, 0.25) is 0 Å². The molecule has 0 unspecified atom stereocenters. The van der Waals surface area contributed by atoms with Crippen LogP contribution in [-0.2, 0) is 16.0 Å². The number of amides is 2. The molecule has 1 aliphatic carbocycles. The smallest absolute Gasteiger partial charge is 0.229 e. The molecule has 22 heavy (non-hydrogen) atoms. The second-order valence-electron chi connectivity index (χ2n) is 6.43. The van der Waals surface area contributed by atoms with Gasteiger partial charge in [-0.05, 0) is 37.0 Å². The number of hydrogen-bond acceptors (Lipinski definition) is 2. The minimum Gasteiger partial charge on any atom is -0.339 e. The molecule has 0 spiro atoms. The van der Waals surface area contributed by atoms with Gasteiger partial charge in [0.1, 0.15) is 0 Å². The van der Waals surface area contributed by atoms with Crippen LogP contribution in [0.1, 0.15) is 44.6 Å². The van der Waals surface area contributed by atoms with E-state index in [-0.39, 0.29) is 17.7 Å². The minimum atomic E-state index is -0.209. The summed E-state index contributed by atoms with van der Waals surface area (Å²) in [6.07, 6.45) is 5.94. The lowest BCUT2D eigenvalue weighted by Crippen LogP contribution is -2.35. The van der Waals surface area contributed by atoms with E-state index in [1.165, 1.54) is 18.4 Å². The predicted octanol–water partition coefficient (Wildman–Crippen LogP) is 2.98. The third-order valence-corrected chi connectivity index (χ3v) is 4.92. The summed E-state index contributed by atoms with van der Waals surface area (Å²) in [5, 5.41) is 2.95. The number of carbonyl (C=O) groups is 2. The molecule has 1 heterocycles. The molecule has 2 aliphatic rings. The molecule has 4 heteroatoms. The van der Waals surface area contributed by atoms with Crippen molar-refractivity contribution in [1.82, 2.24) is 4.90 Å². The van der Waals surface area contributed by atoms with E-state index in [9.17, 15) is 9.59 Å². The predicted molar refractivity (Wildman–Crippen MR) is 86.5 cm³/mol. The Morgan fingerprint density at radius 3 is 2.55 bits per heavy atom. The highest BCUT2D eigenvalue weighted by atomic mass is 16.2. The molecule has 1 atom stereocenters. The Bertz CT molecular complexity index is 547. The van der Waals surface area contributed by atoms with Gasteiger partial charge < -0.3 is 10.2 Å². The molecule has 1 aromatic rings. The van der Waals surface area contributed by atoms with Gasteiger partial charge in [0.2, 0.25) is 11.8 Å². The van der Waals surface area contributed by atoms with Crippen molar-refractivity contribution in [2.45, 2.75) is 51.5 Å². The van der Waals surface area contributed by atoms with Gasteiger partial charge in [-0.2, -0.15) is 0 Å². The average Bonchev–Trinajstić information content (AvgIpc) is 3.17. The van der Waals surface area contributed by atoms with Gasteiger partial charge in [0.05, 0.1) is 5.92 Å². The van der Waals surface area contributed by atoms with Crippen molar-refractivity contribution in [1.29, 1.82) is 0 Å². The fourth-order valence-electron chi connectivity index (χ4n) is 3.54. The van der Waals surface area contributed by atoms with Gasteiger partial charge >= 0.3 is 0 Å². The molecule has 1 aliphatic heterocycles. The van der Waals surface area contributed by atoms with E-state index in [1.807, 2.05) is 29.2 Å². The number of anilines is 1. The highest BCUT2D eigenvalue weighted by Gasteiger charge is 2.38. The van der Waals surface area contributed by atoms with Crippen molar-refractivity contribution in [3.8, 4) is 0 Å². The second-order valence-corrected chi connectivity index (χ2v) is 6.43. The molecule has 0 bridgehead atoms. The zero-order valence-electron chi connectivity index (χ0n) is 13.2. The lowest BCUT2D eigenvalue weighted by molar-refractivity contribution is -0.129. The molecule has 3 rings (SSSR count). The Morgan fingerprint density at radius 1 is 1.23 bits per heavy atom. The first kappa shape index (κ1) is 15.1. The second kappa shape index (κ2) is 6.51. The number of aryl methyl sites for hydroxylation is 1. The normalized spacial score (nSPS) is 22.3. The molecule has 1 saturated carbocycles. The molecule has 1 aromatic carbocycles. The molecular weight excluding hydrogens is 276 g/mol. The maximum Gasteiger partial charge on any atom is 0.229 e. The van der Waals surface area contributed by atoms with Gasteiger partial charge in [0.15, 0.2) is 0 Å². The van der Waals surface area contributed by atoms with Crippen LogP contribution in [0.5, 0.6) is 0 Å². The molecule has 1 N–H and O–H groups in total. The van der Waals surface area contributed by atoms with Crippen molar-refractivity contribution in [3.05, 3.63) is 29.8 Å². The largest absolute Gasteiger partial charge is 0.339 e. The standard InChI is InChI=1S/C18H24N2O2/c1-2-13-7-9-15(10-8-13)19-18(22)14-11-17(21)20(12-14)16-5-3-4-6-16/h7-10,14,16H,2-6,11-12H2,1H3,(H,19,22)/t14-/m0/s1. The van der Waals surface area contributed by atoms with Gasteiger partial charge in [0, 0.05) is 24.7 Å². The van der Waals surface area contributed by atoms with Crippen LogP contribution in [0.3, 0.4) is 0 Å². The van der Waals surface area contributed by atoms with Crippen LogP contribution in [0.15, 0.2) is 24.3 Å². The molecule has 2 fully saturated rings. The molecular formula is C18H24N2O2. The Kier molecular flexibility index (Phi) is 4.46. The number of rotatable bonds is 4. The summed E-state index contributed by atoms with van der Waals surface area (Å²) < 4.78 is 0. The summed E-state index contributed by atoms with van der Waals surface area (Å²) in [5.74, 6) is -0.0922. The first-order chi connectivity index (χ1) is 10.7. The number of hydrogen-bond donors (Lipinski definition) is 1. The van der Waals surface area contributed by atoms with Crippen LogP contribution in [0.4, 0.5) is 5.69 Å². The summed E-state index contributed by atoms with van der Waals surface area (Å²) >= 11 is 0. The van der Waals surface area contributed by atoms with Crippen LogP contribution in [0.25, 0.3) is 0 Å². The first-order valence-corrected chi connectivity index (χ1v) is 8.36. The average molecular weight is 300 g/mol. The summed E-state index contributed by atoms with van der Waals surface area (Å²) in [5.41, 5.74) is 2.07. The Balaban J connectivity index is 1.59. The van der Waals surface area contributed by atoms with Gasteiger partial charge in [-0.1, -0.05) is 31.9 Å². The monoisotopic (exact) mass is 300 g/mol. The molecule has 4 nitrogen and oxygen atoms in total. The van der Waals surface area contributed by atoms with Crippen LogP contribution in [-0.4, -0.2) is 29.3 Å². The minimum absolute atomic E-state index is 0.0295. The zero-order chi connectivity index (χ0) is 15.5. The van der Waals surface area contributed by atoms with Gasteiger partial charge in [-0.3, -0.25) is 9.59 Å². The van der Waals surface area contributed by atoms with E-state index in [2.05, 4.69) is 12.2 Å². The lowest BCUT2D eigenvalue weighted by atomic mass is 10.1. The molecule has 1 saturated heterocycles. The van der Waals surface area contributed by atoms with Gasteiger partial charge in [-0.25, -0.2) is 0 Å². The van der Waals surface area contributed by atoms with Gasteiger partial charge in [0.25, 0.3) is 0 Å². The maximum atomic E-state index is 12.4. The Hall–Kier alpha value is -1.84. The number of nitrogens with zero attached hydrogens (tertiary/aromatic N) is 1. The van der Waals surface area contributed by atoms with E-state index in [1.54, 1.807) is 0 Å². The van der Waals surface area contributed by atoms with E-state index >= 15 is 0 Å². The fraction of sp³-hybridized carbons (Fsp3) is 0.556. The topological polar surface area (TPSA) is 49.4 Å². The van der Waals surface area contributed by atoms with Crippen molar-refractivity contribution >= 4 is 17.5 Å². The number of likely N-dealkylation sites (tertiary alicyclic amines) is 1. The molecule has 2 amide bonds. The lowest BCUT2D eigenvalue weighted by Gasteiger charge is -2.23. The summed E-state index contributed by atoms with van der Waals surface area (Å²) in [7, 11) is 0. The van der Waals surface area contributed by atoms with E-state index in [0.717, 1.165) is 24.9 Å². The summed E-state index contributed by atoms with van der Waals surface area (Å²) in [4.78, 5) is 26.5. The van der Waals surface area contributed by atoms with Crippen molar-refractivity contribution in [3.63, 3.8) is 0 Å². The number of nitrogens with one attached hydrogen (secondary N) is 1. The number of carbonyl (C=O) groups excluding carboxylic acids is 2. The summed E-state index contributed by atoms with van der Waals surface area (Å²) in [6.45, 7) is 2.69. The fourth-order valence-corrected chi connectivity index (χ4v) is 3.54. The van der Waals surface area contributed by atoms with E-state index in [0.29, 0.717) is 19.0 Å². The summed E-state index contributed by atoms with van der Waals surface area (Å²) in [6, 6.07) is 8.29. The SMILES string of the molecule is CCc1ccc(NC(=O)[C@H]2CC(=O)N(C3CCCC3)C2)cc1. The highest BCUT2D eigenvalue weighted by molar-refractivity contribution is 5.97. The third-order valence-electron chi connectivity index (χ3n) is 4.92. The quantitative estimate of drug-likeness (QED) is 0.929. The van der Waals surface area contributed by atoms with Crippen LogP contribution >= 0.6 is 0 Å².